The van der Waals surface area contributed by atoms with Crippen LogP contribution in [0.4, 0.5) is 10.5 Å². The van der Waals surface area contributed by atoms with Crippen molar-refractivity contribution in [1.82, 2.24) is 5.32 Å². The Morgan fingerprint density at radius 3 is 2.19 bits per heavy atom. The lowest BCUT2D eigenvalue weighted by molar-refractivity contribution is -0.122. The third-order valence-corrected chi connectivity index (χ3v) is 10.2. The first-order chi connectivity index (χ1) is 20.3. The maximum atomic E-state index is 13.7. The first kappa shape index (κ1) is 27.4. The van der Waals surface area contributed by atoms with Gasteiger partial charge in [0.25, 0.3) is 11.8 Å². The van der Waals surface area contributed by atoms with Crippen molar-refractivity contribution < 1.29 is 19.1 Å². The fourth-order valence-corrected chi connectivity index (χ4v) is 8.49. The second-order valence-corrected chi connectivity index (χ2v) is 13.7. The van der Waals surface area contributed by atoms with Crippen molar-refractivity contribution in [3.8, 4) is 5.75 Å². The number of hydrogen-bond donors (Lipinski definition) is 1. The molecule has 214 valence electrons. The van der Waals surface area contributed by atoms with E-state index in [4.69, 9.17) is 16.3 Å². The van der Waals surface area contributed by atoms with Gasteiger partial charge < -0.3 is 4.74 Å². The van der Waals surface area contributed by atoms with Crippen molar-refractivity contribution in [2.75, 3.05) is 4.90 Å². The van der Waals surface area contributed by atoms with Crippen LogP contribution in [0.1, 0.15) is 55.2 Å². The van der Waals surface area contributed by atoms with Crippen molar-refractivity contribution >= 4 is 57.1 Å². The zero-order chi connectivity index (χ0) is 29.0. The maximum Gasteiger partial charge on any atom is 0.335 e. The molecule has 0 atom stereocenters. The summed E-state index contributed by atoms with van der Waals surface area (Å²) in [7, 11) is 0. The molecule has 3 aromatic rings. The van der Waals surface area contributed by atoms with Crippen LogP contribution in [0.2, 0.25) is 5.02 Å². The van der Waals surface area contributed by atoms with Gasteiger partial charge in [0.05, 0.1) is 5.69 Å². The summed E-state index contributed by atoms with van der Waals surface area (Å²) in [6.07, 6.45) is 9.29. The van der Waals surface area contributed by atoms with Crippen LogP contribution in [0.5, 0.6) is 5.75 Å². The fraction of sp³-hybridized carbons (Fsp3) is 0.324. The van der Waals surface area contributed by atoms with E-state index in [0.29, 0.717) is 22.0 Å². The van der Waals surface area contributed by atoms with E-state index < -0.39 is 17.8 Å². The summed E-state index contributed by atoms with van der Waals surface area (Å²) in [4.78, 5) is 40.6. The summed E-state index contributed by atoms with van der Waals surface area (Å²) in [6, 6.07) is 19.8. The summed E-state index contributed by atoms with van der Waals surface area (Å²) in [5.41, 5.74) is 3.26. The van der Waals surface area contributed by atoms with Gasteiger partial charge in [-0.2, -0.15) is 0 Å². The third kappa shape index (κ3) is 5.07. The number of halogens is 2. The predicted molar refractivity (Wildman–Crippen MR) is 165 cm³/mol. The van der Waals surface area contributed by atoms with Crippen LogP contribution < -0.4 is 15.0 Å². The van der Waals surface area contributed by atoms with E-state index >= 15 is 0 Å². The van der Waals surface area contributed by atoms with Crippen LogP contribution in [-0.2, 0) is 21.6 Å². The number of rotatable bonds is 6. The van der Waals surface area contributed by atoms with Crippen molar-refractivity contribution in [1.29, 1.82) is 0 Å². The number of hydrogen-bond acceptors (Lipinski definition) is 4. The number of barbiturate groups is 1. The van der Waals surface area contributed by atoms with E-state index in [-0.39, 0.29) is 17.6 Å². The monoisotopic (exact) mass is 644 g/mol. The Labute approximate surface area is 258 Å². The van der Waals surface area contributed by atoms with Gasteiger partial charge in [-0.05, 0) is 121 Å². The van der Waals surface area contributed by atoms with E-state index in [9.17, 15) is 14.4 Å². The lowest BCUT2D eigenvalue weighted by Crippen LogP contribution is -2.54. The summed E-state index contributed by atoms with van der Waals surface area (Å²) in [6.45, 7) is 0.274. The Morgan fingerprint density at radius 1 is 0.905 bits per heavy atom. The first-order valence-corrected chi connectivity index (χ1v) is 15.6. The Kier molecular flexibility index (Phi) is 6.98. The Balaban J connectivity index is 1.15. The summed E-state index contributed by atoms with van der Waals surface area (Å²) < 4.78 is 6.80. The number of urea groups is 1. The van der Waals surface area contributed by atoms with Crippen LogP contribution in [0, 0.1) is 17.8 Å². The molecule has 1 saturated heterocycles. The highest BCUT2D eigenvalue weighted by molar-refractivity contribution is 9.10. The molecule has 4 amide bonds. The Hall–Kier alpha value is -3.42. The van der Waals surface area contributed by atoms with Gasteiger partial charge in [0, 0.05) is 15.1 Å². The minimum Gasteiger partial charge on any atom is -0.488 e. The van der Waals surface area contributed by atoms with Gasteiger partial charge in [0.15, 0.2) is 0 Å². The lowest BCUT2D eigenvalue weighted by atomic mass is 9.48. The molecule has 1 aliphatic heterocycles. The normalized spacial score (nSPS) is 27.5. The zero-order valence-corrected chi connectivity index (χ0v) is 25.3. The second kappa shape index (κ2) is 10.7. The molecule has 4 aliphatic carbocycles. The van der Waals surface area contributed by atoms with Gasteiger partial charge in [0.2, 0.25) is 0 Å². The van der Waals surface area contributed by atoms with Gasteiger partial charge in [-0.25, -0.2) is 9.69 Å². The molecule has 8 heteroatoms. The standard InChI is InChI=1S/C34H30BrClN2O4/c35-26-5-10-30(42-19-20-1-6-27(36)7-2-20)24(14-26)15-29-31(39)37-33(41)38(32(29)40)28-8-3-25(4-9-28)34-16-21-11-22(17-34)13-23(12-21)18-34/h1-10,14-15,21-23H,11-13,16-19H2,(H,37,39,41)/b29-15+. The third-order valence-electron chi connectivity index (χ3n) is 9.46. The molecule has 5 aliphatic rings. The van der Waals surface area contributed by atoms with Gasteiger partial charge in [-0.15, -0.1) is 0 Å². The number of carbonyl (C=O) groups excluding carboxylic acids is 3. The lowest BCUT2D eigenvalue weighted by Gasteiger charge is -2.57. The maximum absolute atomic E-state index is 13.7. The molecule has 3 aromatic carbocycles. The molecule has 42 heavy (non-hydrogen) atoms. The van der Waals surface area contributed by atoms with Crippen molar-refractivity contribution in [3.63, 3.8) is 0 Å². The molecule has 0 radical (unpaired) electrons. The quantitative estimate of drug-likeness (QED) is 0.219. The molecule has 4 saturated carbocycles. The molecule has 0 aromatic heterocycles. The number of carbonyl (C=O) groups is 3. The predicted octanol–water partition coefficient (Wildman–Crippen LogP) is 7.82. The van der Waals surface area contributed by atoms with Crippen molar-refractivity contribution in [2.24, 2.45) is 17.8 Å². The minimum absolute atomic E-state index is 0.144. The summed E-state index contributed by atoms with van der Waals surface area (Å²) in [5, 5.41) is 2.98. The summed E-state index contributed by atoms with van der Waals surface area (Å²) in [5.74, 6) is 1.54. The van der Waals surface area contributed by atoms with Crippen LogP contribution in [0.15, 0.2) is 76.8 Å². The fourth-order valence-electron chi connectivity index (χ4n) is 7.98. The van der Waals surface area contributed by atoms with Crippen molar-refractivity contribution in [3.05, 3.63) is 98.5 Å². The Morgan fingerprint density at radius 2 is 1.55 bits per heavy atom. The van der Waals surface area contributed by atoms with Crippen LogP contribution in [0.3, 0.4) is 0 Å². The number of nitrogens with one attached hydrogen (secondary N) is 1. The largest absolute Gasteiger partial charge is 0.488 e. The average molecular weight is 646 g/mol. The van der Waals surface area contributed by atoms with Crippen molar-refractivity contribution in [2.45, 2.75) is 50.5 Å². The highest BCUT2D eigenvalue weighted by Gasteiger charge is 2.51. The van der Waals surface area contributed by atoms with E-state index in [2.05, 4.69) is 33.4 Å². The molecule has 8 rings (SSSR count). The Bertz CT molecular complexity index is 1580. The van der Waals surface area contributed by atoms with Crippen LogP contribution in [0.25, 0.3) is 6.08 Å². The van der Waals surface area contributed by atoms with E-state index in [1.807, 2.05) is 30.3 Å². The first-order valence-electron chi connectivity index (χ1n) is 14.5. The SMILES string of the molecule is O=C1NC(=O)N(c2ccc(C34CC5CC(CC(C5)C3)C4)cc2)C(=O)/C1=C/c1cc(Br)ccc1OCc1ccc(Cl)cc1. The number of imide groups is 2. The highest BCUT2D eigenvalue weighted by atomic mass is 79.9. The number of nitrogens with zero attached hydrogens (tertiary/aromatic N) is 1. The van der Waals surface area contributed by atoms with E-state index in [0.717, 1.165) is 32.7 Å². The van der Waals surface area contributed by atoms with Gasteiger partial charge in [-0.3, -0.25) is 14.9 Å². The van der Waals surface area contributed by atoms with E-state index in [1.165, 1.54) is 50.2 Å². The smallest absolute Gasteiger partial charge is 0.335 e. The van der Waals surface area contributed by atoms with Crippen LogP contribution >= 0.6 is 27.5 Å². The number of benzene rings is 3. The molecule has 5 fully saturated rings. The molecular formula is C34H30BrClN2O4. The number of amides is 4. The molecule has 0 unspecified atom stereocenters. The average Bonchev–Trinajstić information content (AvgIpc) is 2.95. The van der Waals surface area contributed by atoms with Gasteiger partial charge in [0.1, 0.15) is 17.9 Å². The van der Waals surface area contributed by atoms with E-state index in [1.54, 1.807) is 24.3 Å². The van der Waals surface area contributed by atoms with Gasteiger partial charge in [-0.1, -0.05) is 51.8 Å². The molecule has 4 bridgehead atoms. The minimum atomic E-state index is -0.752. The summed E-state index contributed by atoms with van der Waals surface area (Å²) >= 11 is 9.46. The van der Waals surface area contributed by atoms with Crippen LogP contribution in [-0.4, -0.2) is 17.8 Å². The molecular weight excluding hydrogens is 616 g/mol. The molecule has 1 heterocycles. The molecule has 6 nitrogen and oxygen atoms in total. The van der Waals surface area contributed by atoms with Gasteiger partial charge >= 0.3 is 6.03 Å². The topological polar surface area (TPSA) is 75.7 Å². The highest BCUT2D eigenvalue weighted by Crippen LogP contribution is 2.60. The molecule has 1 N–H and O–H groups in total. The zero-order valence-electron chi connectivity index (χ0n) is 22.9. The second-order valence-electron chi connectivity index (χ2n) is 12.3. The number of anilines is 1. The molecule has 0 spiro atoms. The number of ether oxygens (including phenoxy) is 1.